The normalized spacial score (nSPS) is 28.9. The van der Waals surface area contributed by atoms with Crippen LogP contribution < -0.4 is 4.90 Å². The lowest BCUT2D eigenvalue weighted by Crippen LogP contribution is -2.26. The number of amides is 1. The fraction of sp³-hybridized carbons (Fsp3) is 0.421. The smallest absolute Gasteiger partial charge is 0.414 e. The second kappa shape index (κ2) is 6.13. The zero-order valence-corrected chi connectivity index (χ0v) is 14.1. The molecule has 0 aromatic heterocycles. The van der Waals surface area contributed by atoms with Gasteiger partial charge in [0.25, 0.3) is 0 Å². The van der Waals surface area contributed by atoms with Crippen LogP contribution in [-0.2, 0) is 14.3 Å². The highest BCUT2D eigenvalue weighted by Gasteiger charge is 2.53. The highest BCUT2D eigenvalue weighted by molar-refractivity contribution is 5.90. The summed E-state index contributed by atoms with van der Waals surface area (Å²) < 4.78 is 24.6. The Morgan fingerprint density at radius 2 is 2.31 bits per heavy atom. The molecular formula is C19H17FN2O4. The largest absolute Gasteiger partial charge is 0.462 e. The summed E-state index contributed by atoms with van der Waals surface area (Å²) >= 11 is 0. The molecule has 1 saturated heterocycles. The van der Waals surface area contributed by atoms with Crippen LogP contribution in [0, 0.1) is 34.9 Å². The molecule has 1 amide bonds. The molecule has 1 heterocycles. The number of carbonyl (C=O) groups excluding carboxylic acids is 2. The number of halogens is 1. The van der Waals surface area contributed by atoms with Crippen LogP contribution in [0.1, 0.15) is 18.9 Å². The molecule has 0 bridgehead atoms. The molecule has 1 aromatic carbocycles. The fourth-order valence-electron chi connectivity index (χ4n) is 3.79. The average Bonchev–Trinajstić information content (AvgIpc) is 2.93. The van der Waals surface area contributed by atoms with E-state index in [-0.39, 0.29) is 25.0 Å². The standard InChI is InChI=1S/C19H17FN2O4/c1-10(23)25-9-13-8-22(19(24)26-13)12-2-3-14(18(20)6-12)11-4-15-16(5-11)17(15)7-21/h2-4,6,13,15-17H,5,8-9H2,1H3. The van der Waals surface area contributed by atoms with Gasteiger partial charge in [-0.3, -0.25) is 9.69 Å². The van der Waals surface area contributed by atoms with Gasteiger partial charge in [-0.15, -0.1) is 0 Å². The summed E-state index contributed by atoms with van der Waals surface area (Å²) in [7, 11) is 0. The van der Waals surface area contributed by atoms with E-state index in [0.717, 1.165) is 12.0 Å². The van der Waals surface area contributed by atoms with Crippen LogP contribution in [0.2, 0.25) is 0 Å². The minimum atomic E-state index is -0.590. The molecule has 0 spiro atoms. The number of hydrogen-bond acceptors (Lipinski definition) is 5. The van der Waals surface area contributed by atoms with Crippen LogP contribution in [0.3, 0.4) is 0 Å². The Morgan fingerprint density at radius 3 is 2.92 bits per heavy atom. The first kappa shape index (κ1) is 16.6. The molecule has 0 radical (unpaired) electrons. The second-order valence-corrected chi connectivity index (χ2v) is 6.88. The highest BCUT2D eigenvalue weighted by Crippen LogP contribution is 2.57. The first-order chi connectivity index (χ1) is 12.5. The van der Waals surface area contributed by atoms with Crippen molar-refractivity contribution in [2.24, 2.45) is 17.8 Å². The lowest BCUT2D eigenvalue weighted by Gasteiger charge is -2.15. The highest BCUT2D eigenvalue weighted by atomic mass is 19.1. The summed E-state index contributed by atoms with van der Waals surface area (Å²) in [5, 5.41) is 8.97. The molecule has 2 aliphatic carbocycles. The summed E-state index contributed by atoms with van der Waals surface area (Å²) in [4.78, 5) is 24.2. The summed E-state index contributed by atoms with van der Waals surface area (Å²) in [5.41, 5.74) is 1.84. The number of rotatable bonds is 4. The monoisotopic (exact) mass is 356 g/mol. The van der Waals surface area contributed by atoms with Gasteiger partial charge in [-0.25, -0.2) is 9.18 Å². The van der Waals surface area contributed by atoms with Crippen LogP contribution in [0.25, 0.3) is 5.57 Å². The van der Waals surface area contributed by atoms with Gasteiger partial charge in [-0.05, 0) is 42.0 Å². The lowest BCUT2D eigenvalue weighted by molar-refractivity contribution is -0.143. The summed E-state index contributed by atoms with van der Waals surface area (Å²) in [5.74, 6) is -0.194. The van der Waals surface area contributed by atoms with Gasteiger partial charge in [0.15, 0.2) is 6.10 Å². The number of carbonyl (C=O) groups is 2. The van der Waals surface area contributed by atoms with E-state index in [9.17, 15) is 14.0 Å². The number of anilines is 1. The van der Waals surface area contributed by atoms with Crippen LogP contribution in [0.15, 0.2) is 24.3 Å². The van der Waals surface area contributed by atoms with Crippen molar-refractivity contribution in [2.75, 3.05) is 18.1 Å². The van der Waals surface area contributed by atoms with Crippen molar-refractivity contribution < 1.29 is 23.5 Å². The van der Waals surface area contributed by atoms with Gasteiger partial charge in [-0.2, -0.15) is 5.26 Å². The number of hydrogen-bond donors (Lipinski definition) is 0. The van der Waals surface area contributed by atoms with Crippen molar-refractivity contribution >= 4 is 23.3 Å². The van der Waals surface area contributed by atoms with Gasteiger partial charge in [0.1, 0.15) is 12.4 Å². The number of esters is 1. The lowest BCUT2D eigenvalue weighted by atomic mass is 10.00. The fourth-order valence-corrected chi connectivity index (χ4v) is 3.79. The summed E-state index contributed by atoms with van der Waals surface area (Å²) in [6, 6.07) is 6.93. The van der Waals surface area contributed by atoms with E-state index in [0.29, 0.717) is 17.2 Å². The molecule has 1 aromatic rings. The van der Waals surface area contributed by atoms with E-state index < -0.39 is 24.0 Å². The SMILES string of the molecule is CC(=O)OCC1CN(c2ccc(C3=CC4C(C#N)C4C3)c(F)c2)C(=O)O1. The molecule has 4 atom stereocenters. The Labute approximate surface area is 149 Å². The molecule has 134 valence electrons. The molecule has 7 heteroatoms. The maximum Gasteiger partial charge on any atom is 0.414 e. The van der Waals surface area contributed by atoms with E-state index >= 15 is 0 Å². The number of ether oxygens (including phenoxy) is 2. The van der Waals surface area contributed by atoms with Gasteiger partial charge < -0.3 is 9.47 Å². The van der Waals surface area contributed by atoms with E-state index in [1.165, 1.54) is 17.9 Å². The predicted molar refractivity (Wildman–Crippen MR) is 89.3 cm³/mol. The van der Waals surface area contributed by atoms with Gasteiger partial charge in [0.05, 0.1) is 24.2 Å². The maximum absolute atomic E-state index is 14.6. The van der Waals surface area contributed by atoms with E-state index in [2.05, 4.69) is 6.07 Å². The summed E-state index contributed by atoms with van der Waals surface area (Å²) in [6.07, 6.45) is 1.56. The molecule has 0 N–H and O–H groups in total. The minimum Gasteiger partial charge on any atom is -0.462 e. The molecule has 26 heavy (non-hydrogen) atoms. The van der Waals surface area contributed by atoms with E-state index in [1.807, 2.05) is 6.08 Å². The van der Waals surface area contributed by atoms with Gasteiger partial charge in [0, 0.05) is 12.5 Å². The number of nitrogens with zero attached hydrogens (tertiary/aromatic N) is 2. The molecule has 2 fully saturated rings. The third-order valence-electron chi connectivity index (χ3n) is 5.18. The van der Waals surface area contributed by atoms with Crippen molar-refractivity contribution in [3.05, 3.63) is 35.7 Å². The Hall–Kier alpha value is -2.88. The Bertz CT molecular complexity index is 860. The average molecular weight is 356 g/mol. The van der Waals surface area contributed by atoms with Crippen molar-refractivity contribution in [1.82, 2.24) is 0 Å². The van der Waals surface area contributed by atoms with Crippen LogP contribution in [0.5, 0.6) is 0 Å². The minimum absolute atomic E-state index is 0.0200. The van der Waals surface area contributed by atoms with Crippen molar-refractivity contribution in [3.63, 3.8) is 0 Å². The number of benzene rings is 1. The third kappa shape index (κ3) is 2.81. The first-order valence-electron chi connectivity index (χ1n) is 8.49. The number of nitriles is 1. The molecule has 4 rings (SSSR count). The number of cyclic esters (lactones) is 1. The zero-order chi connectivity index (χ0) is 18.4. The van der Waals surface area contributed by atoms with Crippen molar-refractivity contribution in [1.29, 1.82) is 5.26 Å². The second-order valence-electron chi connectivity index (χ2n) is 6.88. The van der Waals surface area contributed by atoms with Gasteiger partial charge >= 0.3 is 12.1 Å². The quantitative estimate of drug-likeness (QED) is 0.775. The molecule has 1 saturated carbocycles. The van der Waals surface area contributed by atoms with Crippen LogP contribution in [-0.4, -0.2) is 31.3 Å². The molecular weight excluding hydrogens is 339 g/mol. The predicted octanol–water partition coefficient (Wildman–Crippen LogP) is 2.89. The first-order valence-corrected chi connectivity index (χ1v) is 8.49. The number of allylic oxidation sites excluding steroid dienone is 2. The summed E-state index contributed by atoms with van der Waals surface area (Å²) in [6.45, 7) is 1.46. The Kier molecular flexibility index (Phi) is 3.91. The van der Waals surface area contributed by atoms with E-state index in [1.54, 1.807) is 12.1 Å². The molecule has 4 unspecified atom stereocenters. The third-order valence-corrected chi connectivity index (χ3v) is 5.18. The molecule has 1 aliphatic heterocycles. The van der Waals surface area contributed by atoms with Crippen LogP contribution >= 0.6 is 0 Å². The molecule has 3 aliphatic rings. The van der Waals surface area contributed by atoms with Crippen molar-refractivity contribution in [3.8, 4) is 6.07 Å². The van der Waals surface area contributed by atoms with Crippen LogP contribution in [0.4, 0.5) is 14.9 Å². The maximum atomic E-state index is 14.6. The molecule has 6 nitrogen and oxygen atoms in total. The Balaban J connectivity index is 1.47. The topological polar surface area (TPSA) is 79.6 Å². The zero-order valence-electron chi connectivity index (χ0n) is 14.1. The number of fused-ring (bicyclic) bond motifs is 1. The van der Waals surface area contributed by atoms with Gasteiger partial charge in [0.2, 0.25) is 0 Å². The van der Waals surface area contributed by atoms with Crippen molar-refractivity contribution in [2.45, 2.75) is 19.4 Å². The van der Waals surface area contributed by atoms with E-state index in [4.69, 9.17) is 14.7 Å². The Morgan fingerprint density at radius 1 is 1.50 bits per heavy atom. The van der Waals surface area contributed by atoms with Gasteiger partial charge in [-0.1, -0.05) is 6.08 Å².